The molecule has 0 fully saturated rings. The zero-order chi connectivity index (χ0) is 15.0. The molecule has 1 aliphatic rings. The van der Waals surface area contributed by atoms with Crippen LogP contribution in [0.3, 0.4) is 0 Å². The fourth-order valence-corrected chi connectivity index (χ4v) is 3.13. The van der Waals surface area contributed by atoms with Crippen LogP contribution >= 0.6 is 0 Å². The first-order valence-electron chi connectivity index (χ1n) is 7.19. The molecule has 1 nitrogen and oxygen atoms in total. The second kappa shape index (κ2) is 5.40. The smallest absolute Gasteiger partial charge is 0.144 e. The molecule has 0 aromatic heterocycles. The van der Waals surface area contributed by atoms with Gasteiger partial charge in [-0.3, -0.25) is 4.79 Å². The molecule has 2 aromatic rings. The Balaban J connectivity index is 2.22. The van der Waals surface area contributed by atoms with E-state index in [-0.39, 0.29) is 17.4 Å². The van der Waals surface area contributed by atoms with E-state index < -0.39 is 5.92 Å². The van der Waals surface area contributed by atoms with Crippen LogP contribution in [0.4, 0.5) is 8.78 Å². The van der Waals surface area contributed by atoms with Crippen molar-refractivity contribution in [1.82, 2.24) is 0 Å². The summed E-state index contributed by atoms with van der Waals surface area (Å²) in [6.07, 6.45) is 1.65. The minimum absolute atomic E-state index is 0.0811. The largest absolute Gasteiger partial charge is 0.299 e. The standard InChI is InChI=1S/C18H16F2O/c1-2-17(21)18-15-7-5-13(19)9-11(15)3-4-12-10-14(20)6-8-16(12)18/h5-10,18H,2-4H2,1H3. The third-order valence-corrected chi connectivity index (χ3v) is 4.17. The summed E-state index contributed by atoms with van der Waals surface area (Å²) in [5.41, 5.74) is 3.40. The lowest BCUT2D eigenvalue weighted by molar-refractivity contribution is -0.119. The Morgan fingerprint density at radius 3 is 1.90 bits per heavy atom. The Bertz CT molecular complexity index is 653. The molecule has 0 saturated heterocycles. The van der Waals surface area contributed by atoms with Crippen molar-refractivity contribution in [1.29, 1.82) is 0 Å². The van der Waals surface area contributed by atoms with Crippen LogP contribution in [0, 0.1) is 11.6 Å². The summed E-state index contributed by atoms with van der Waals surface area (Å²) in [6.45, 7) is 1.82. The normalized spacial score (nSPS) is 14.2. The van der Waals surface area contributed by atoms with Gasteiger partial charge in [-0.25, -0.2) is 8.78 Å². The summed E-state index contributed by atoms with van der Waals surface area (Å²) >= 11 is 0. The highest BCUT2D eigenvalue weighted by Crippen LogP contribution is 2.36. The fraction of sp³-hybridized carbons (Fsp3) is 0.278. The average molecular weight is 286 g/mol. The molecule has 0 saturated carbocycles. The van der Waals surface area contributed by atoms with Gasteiger partial charge in [0.25, 0.3) is 0 Å². The lowest BCUT2D eigenvalue weighted by Crippen LogP contribution is -2.15. The van der Waals surface area contributed by atoms with Crippen molar-refractivity contribution in [2.45, 2.75) is 32.1 Å². The Labute approximate surface area is 122 Å². The van der Waals surface area contributed by atoms with Crippen LogP contribution < -0.4 is 0 Å². The van der Waals surface area contributed by atoms with Gasteiger partial charge in [-0.15, -0.1) is 0 Å². The number of ketones is 1. The first kappa shape index (κ1) is 13.9. The van der Waals surface area contributed by atoms with Crippen LogP contribution in [0.15, 0.2) is 36.4 Å². The monoisotopic (exact) mass is 286 g/mol. The maximum absolute atomic E-state index is 13.5. The first-order chi connectivity index (χ1) is 10.1. The lowest BCUT2D eigenvalue weighted by atomic mass is 9.84. The SMILES string of the molecule is CCC(=O)C1c2ccc(F)cc2CCc2cc(F)ccc21. The van der Waals surface area contributed by atoms with Gasteiger partial charge < -0.3 is 0 Å². The predicted octanol–water partition coefficient (Wildman–Crippen LogP) is 4.17. The van der Waals surface area contributed by atoms with Crippen LogP contribution in [0.25, 0.3) is 0 Å². The van der Waals surface area contributed by atoms with E-state index in [0.717, 1.165) is 22.3 Å². The topological polar surface area (TPSA) is 17.1 Å². The predicted molar refractivity (Wildman–Crippen MR) is 77.3 cm³/mol. The van der Waals surface area contributed by atoms with E-state index in [0.29, 0.717) is 19.3 Å². The van der Waals surface area contributed by atoms with Crippen molar-refractivity contribution in [3.8, 4) is 0 Å². The molecule has 108 valence electrons. The van der Waals surface area contributed by atoms with E-state index in [1.807, 2.05) is 6.92 Å². The number of rotatable bonds is 2. The molecule has 0 radical (unpaired) electrons. The van der Waals surface area contributed by atoms with Gasteiger partial charge in [-0.2, -0.15) is 0 Å². The molecular weight excluding hydrogens is 270 g/mol. The quantitative estimate of drug-likeness (QED) is 0.809. The molecule has 2 aromatic carbocycles. The van der Waals surface area contributed by atoms with Crippen LogP contribution in [0.5, 0.6) is 0 Å². The molecular formula is C18H16F2O. The van der Waals surface area contributed by atoms with Crippen molar-refractivity contribution >= 4 is 5.78 Å². The molecule has 0 N–H and O–H groups in total. The van der Waals surface area contributed by atoms with Gasteiger partial charge in [0.15, 0.2) is 0 Å². The van der Waals surface area contributed by atoms with Crippen LogP contribution in [0.1, 0.15) is 41.5 Å². The Morgan fingerprint density at radius 2 is 1.48 bits per heavy atom. The molecule has 3 heteroatoms. The summed E-state index contributed by atoms with van der Waals surface area (Å²) in [6, 6.07) is 9.16. The highest BCUT2D eigenvalue weighted by molar-refractivity contribution is 5.89. The second-order valence-corrected chi connectivity index (χ2v) is 5.44. The molecule has 0 bridgehead atoms. The number of Topliss-reactive ketones (excluding diaryl/α,β-unsaturated/α-hetero) is 1. The molecule has 0 heterocycles. The number of carbonyl (C=O) groups is 1. The summed E-state index contributed by atoms with van der Waals surface area (Å²) < 4.78 is 27.0. The number of halogens is 2. The number of aryl methyl sites for hydroxylation is 2. The van der Waals surface area contributed by atoms with Gasteiger partial charge in [0.05, 0.1) is 5.92 Å². The fourth-order valence-electron chi connectivity index (χ4n) is 3.13. The maximum Gasteiger partial charge on any atom is 0.144 e. The summed E-state index contributed by atoms with van der Waals surface area (Å²) in [5.74, 6) is -0.927. The van der Waals surface area contributed by atoms with Crippen LogP contribution in [0.2, 0.25) is 0 Å². The van der Waals surface area contributed by atoms with E-state index >= 15 is 0 Å². The third-order valence-electron chi connectivity index (χ3n) is 4.17. The number of hydrogen-bond acceptors (Lipinski definition) is 1. The molecule has 0 amide bonds. The number of fused-ring (bicyclic) bond motifs is 2. The lowest BCUT2D eigenvalue weighted by Gasteiger charge is -2.18. The highest BCUT2D eigenvalue weighted by Gasteiger charge is 2.28. The van der Waals surface area contributed by atoms with Crippen LogP contribution in [-0.4, -0.2) is 5.78 Å². The van der Waals surface area contributed by atoms with Gasteiger partial charge >= 0.3 is 0 Å². The van der Waals surface area contributed by atoms with E-state index in [2.05, 4.69) is 0 Å². The second-order valence-electron chi connectivity index (χ2n) is 5.44. The summed E-state index contributed by atoms with van der Waals surface area (Å²) in [5, 5.41) is 0. The number of benzene rings is 2. The number of carbonyl (C=O) groups excluding carboxylic acids is 1. The maximum atomic E-state index is 13.5. The third kappa shape index (κ3) is 2.48. The van der Waals surface area contributed by atoms with E-state index in [9.17, 15) is 13.6 Å². The van der Waals surface area contributed by atoms with Crippen molar-refractivity contribution in [3.63, 3.8) is 0 Å². The van der Waals surface area contributed by atoms with Gasteiger partial charge in [-0.05, 0) is 59.4 Å². The molecule has 21 heavy (non-hydrogen) atoms. The van der Waals surface area contributed by atoms with Crippen molar-refractivity contribution < 1.29 is 13.6 Å². The minimum atomic E-state index is -0.413. The summed E-state index contributed by atoms with van der Waals surface area (Å²) in [7, 11) is 0. The summed E-state index contributed by atoms with van der Waals surface area (Å²) in [4.78, 5) is 12.4. The van der Waals surface area contributed by atoms with Gasteiger partial charge in [0, 0.05) is 6.42 Å². The highest BCUT2D eigenvalue weighted by atomic mass is 19.1. The molecule has 0 unspecified atom stereocenters. The number of hydrogen-bond donors (Lipinski definition) is 0. The van der Waals surface area contributed by atoms with Crippen LogP contribution in [-0.2, 0) is 17.6 Å². The Kier molecular flexibility index (Phi) is 3.58. The van der Waals surface area contributed by atoms with Crippen molar-refractivity contribution in [2.75, 3.05) is 0 Å². The molecule has 0 aliphatic heterocycles. The van der Waals surface area contributed by atoms with Crippen molar-refractivity contribution in [3.05, 3.63) is 70.3 Å². The Hall–Kier alpha value is -2.03. The molecule has 1 aliphatic carbocycles. The molecule has 0 atom stereocenters. The van der Waals surface area contributed by atoms with Gasteiger partial charge in [0.1, 0.15) is 17.4 Å². The zero-order valence-electron chi connectivity index (χ0n) is 11.8. The zero-order valence-corrected chi connectivity index (χ0v) is 11.8. The van der Waals surface area contributed by atoms with Gasteiger partial charge in [0.2, 0.25) is 0 Å². The first-order valence-corrected chi connectivity index (χ1v) is 7.19. The van der Waals surface area contributed by atoms with E-state index in [1.165, 1.54) is 24.3 Å². The van der Waals surface area contributed by atoms with E-state index in [4.69, 9.17) is 0 Å². The molecule has 3 rings (SSSR count). The van der Waals surface area contributed by atoms with Crippen molar-refractivity contribution in [2.24, 2.45) is 0 Å². The minimum Gasteiger partial charge on any atom is -0.299 e. The Morgan fingerprint density at radius 1 is 1.00 bits per heavy atom. The molecule has 0 spiro atoms. The average Bonchev–Trinajstić information content (AvgIpc) is 2.63. The van der Waals surface area contributed by atoms with Gasteiger partial charge in [-0.1, -0.05) is 19.1 Å². The van der Waals surface area contributed by atoms with E-state index in [1.54, 1.807) is 12.1 Å².